The largest absolute Gasteiger partial charge is 0.298 e. The fourth-order valence-electron chi connectivity index (χ4n) is 1.26. The fraction of sp³-hybridized carbons (Fsp3) is 0.0909. The van der Waals surface area contributed by atoms with Gasteiger partial charge in [0.1, 0.15) is 0 Å². The Morgan fingerprint density at radius 3 is 3.00 bits per heavy atom. The molecular formula is C11H9BrN2OS. The van der Waals surface area contributed by atoms with Crippen molar-refractivity contribution in [1.82, 2.24) is 4.98 Å². The highest BCUT2D eigenvalue weighted by molar-refractivity contribution is 9.10. The van der Waals surface area contributed by atoms with Gasteiger partial charge in [-0.15, -0.1) is 11.3 Å². The molecule has 5 heteroatoms. The minimum absolute atomic E-state index is 0.148. The van der Waals surface area contributed by atoms with Gasteiger partial charge in [-0.3, -0.25) is 10.1 Å². The Kier molecular flexibility index (Phi) is 3.36. The molecule has 1 amide bonds. The van der Waals surface area contributed by atoms with E-state index in [0.717, 1.165) is 10.0 Å². The van der Waals surface area contributed by atoms with E-state index in [-0.39, 0.29) is 5.91 Å². The van der Waals surface area contributed by atoms with Crippen LogP contribution in [-0.4, -0.2) is 10.9 Å². The summed E-state index contributed by atoms with van der Waals surface area (Å²) in [7, 11) is 0. The van der Waals surface area contributed by atoms with Gasteiger partial charge in [0.2, 0.25) is 0 Å². The Hall–Kier alpha value is -1.20. The summed E-state index contributed by atoms with van der Waals surface area (Å²) in [6.45, 7) is 1.95. The zero-order valence-corrected chi connectivity index (χ0v) is 10.9. The van der Waals surface area contributed by atoms with Crippen LogP contribution >= 0.6 is 27.3 Å². The lowest BCUT2D eigenvalue weighted by molar-refractivity contribution is 0.102. The summed E-state index contributed by atoms with van der Waals surface area (Å²) in [6.07, 6.45) is 1.66. The first kappa shape index (κ1) is 11.3. The Morgan fingerprint density at radius 1 is 1.50 bits per heavy atom. The molecule has 0 saturated heterocycles. The minimum Gasteiger partial charge on any atom is -0.298 e. The lowest BCUT2D eigenvalue weighted by Crippen LogP contribution is -2.12. The van der Waals surface area contributed by atoms with Crippen molar-refractivity contribution in [3.8, 4) is 0 Å². The molecule has 2 aromatic rings. The number of hydrogen-bond donors (Lipinski definition) is 1. The summed E-state index contributed by atoms with van der Waals surface area (Å²) in [5.41, 5.74) is 1.67. The van der Waals surface area contributed by atoms with Crippen molar-refractivity contribution >= 4 is 38.3 Å². The van der Waals surface area contributed by atoms with Crippen LogP contribution in [0.1, 0.15) is 15.9 Å². The van der Waals surface area contributed by atoms with Crippen molar-refractivity contribution in [1.29, 1.82) is 0 Å². The third-order valence-corrected chi connectivity index (χ3v) is 3.40. The standard InChI is InChI=1S/C11H9BrN2OS/c1-7-2-3-9(12)8(6-7)10(15)14-11-13-4-5-16-11/h2-6H,1H3,(H,13,14,15). The number of carbonyl (C=O) groups is 1. The monoisotopic (exact) mass is 296 g/mol. The smallest absolute Gasteiger partial charge is 0.258 e. The molecule has 0 radical (unpaired) electrons. The van der Waals surface area contributed by atoms with Gasteiger partial charge in [0.25, 0.3) is 5.91 Å². The van der Waals surface area contributed by atoms with Crippen molar-refractivity contribution in [2.24, 2.45) is 0 Å². The second-order valence-corrected chi connectivity index (χ2v) is 5.02. The number of nitrogens with zero attached hydrogens (tertiary/aromatic N) is 1. The van der Waals surface area contributed by atoms with E-state index < -0.39 is 0 Å². The molecule has 0 atom stereocenters. The second-order valence-electron chi connectivity index (χ2n) is 3.27. The number of anilines is 1. The molecule has 0 saturated carbocycles. The average molecular weight is 297 g/mol. The third-order valence-electron chi connectivity index (χ3n) is 2.02. The lowest BCUT2D eigenvalue weighted by Gasteiger charge is -2.05. The van der Waals surface area contributed by atoms with Crippen LogP contribution in [0.25, 0.3) is 0 Å². The minimum atomic E-state index is -0.148. The van der Waals surface area contributed by atoms with E-state index in [2.05, 4.69) is 26.2 Å². The summed E-state index contributed by atoms with van der Waals surface area (Å²) in [5, 5.41) is 5.17. The van der Waals surface area contributed by atoms with Gasteiger partial charge in [0.15, 0.2) is 5.13 Å². The molecule has 16 heavy (non-hydrogen) atoms. The van der Waals surface area contributed by atoms with Crippen LogP contribution in [-0.2, 0) is 0 Å². The van der Waals surface area contributed by atoms with Crippen molar-refractivity contribution < 1.29 is 4.79 Å². The molecule has 0 spiro atoms. The first-order valence-corrected chi connectivity index (χ1v) is 6.31. The number of amides is 1. The van der Waals surface area contributed by atoms with Crippen LogP contribution in [0.5, 0.6) is 0 Å². The van der Waals surface area contributed by atoms with Gasteiger partial charge >= 0.3 is 0 Å². The molecule has 3 nitrogen and oxygen atoms in total. The Morgan fingerprint density at radius 2 is 2.31 bits per heavy atom. The molecule has 0 aliphatic heterocycles. The number of aromatic nitrogens is 1. The number of hydrogen-bond acceptors (Lipinski definition) is 3. The SMILES string of the molecule is Cc1ccc(Br)c(C(=O)Nc2nccs2)c1. The molecule has 0 fully saturated rings. The van der Waals surface area contributed by atoms with E-state index in [1.165, 1.54) is 11.3 Å². The van der Waals surface area contributed by atoms with E-state index in [1.54, 1.807) is 6.20 Å². The first-order chi connectivity index (χ1) is 7.66. The second kappa shape index (κ2) is 4.76. The van der Waals surface area contributed by atoms with E-state index >= 15 is 0 Å². The van der Waals surface area contributed by atoms with E-state index in [9.17, 15) is 4.79 Å². The van der Waals surface area contributed by atoms with E-state index in [4.69, 9.17) is 0 Å². The molecule has 2 rings (SSSR count). The molecule has 1 aromatic heterocycles. The van der Waals surface area contributed by atoms with Gasteiger partial charge in [-0.1, -0.05) is 11.6 Å². The molecule has 82 valence electrons. The lowest BCUT2D eigenvalue weighted by atomic mass is 10.1. The summed E-state index contributed by atoms with van der Waals surface area (Å²) in [4.78, 5) is 15.9. The van der Waals surface area contributed by atoms with Crippen molar-refractivity contribution in [3.05, 3.63) is 45.4 Å². The highest BCUT2D eigenvalue weighted by atomic mass is 79.9. The number of nitrogens with one attached hydrogen (secondary N) is 1. The van der Waals surface area contributed by atoms with Crippen molar-refractivity contribution in [3.63, 3.8) is 0 Å². The maximum absolute atomic E-state index is 11.9. The van der Waals surface area contributed by atoms with Gasteiger partial charge in [-0.05, 0) is 35.0 Å². The number of aryl methyl sites for hydroxylation is 1. The average Bonchev–Trinajstić information content (AvgIpc) is 2.74. The Labute approximate surface area is 106 Å². The maximum atomic E-state index is 11.9. The normalized spacial score (nSPS) is 10.1. The topological polar surface area (TPSA) is 42.0 Å². The zero-order chi connectivity index (χ0) is 11.5. The molecular weight excluding hydrogens is 288 g/mol. The molecule has 1 heterocycles. The van der Waals surface area contributed by atoms with Crippen LogP contribution in [0.4, 0.5) is 5.13 Å². The quantitative estimate of drug-likeness (QED) is 0.922. The van der Waals surface area contributed by atoms with Gasteiger partial charge in [0.05, 0.1) is 5.56 Å². The summed E-state index contributed by atoms with van der Waals surface area (Å²) in [6, 6.07) is 5.66. The van der Waals surface area contributed by atoms with E-state index in [0.29, 0.717) is 10.7 Å². The van der Waals surface area contributed by atoms with Gasteiger partial charge in [0, 0.05) is 16.0 Å². The maximum Gasteiger partial charge on any atom is 0.258 e. The molecule has 0 bridgehead atoms. The van der Waals surface area contributed by atoms with E-state index in [1.807, 2.05) is 30.5 Å². The predicted molar refractivity (Wildman–Crippen MR) is 68.9 cm³/mol. The van der Waals surface area contributed by atoms with Gasteiger partial charge in [-0.25, -0.2) is 4.98 Å². The van der Waals surface area contributed by atoms with Crippen molar-refractivity contribution in [2.45, 2.75) is 6.92 Å². The van der Waals surface area contributed by atoms with Gasteiger partial charge in [-0.2, -0.15) is 0 Å². The summed E-state index contributed by atoms with van der Waals surface area (Å²) >= 11 is 4.75. The van der Waals surface area contributed by atoms with Crippen LogP contribution in [0, 0.1) is 6.92 Å². The highest BCUT2D eigenvalue weighted by Crippen LogP contribution is 2.20. The third kappa shape index (κ3) is 2.48. The molecule has 1 aromatic carbocycles. The van der Waals surface area contributed by atoms with Crippen LogP contribution < -0.4 is 5.32 Å². The van der Waals surface area contributed by atoms with Crippen LogP contribution in [0.15, 0.2) is 34.2 Å². The molecule has 0 aliphatic rings. The predicted octanol–water partition coefficient (Wildman–Crippen LogP) is 3.47. The number of benzene rings is 1. The van der Waals surface area contributed by atoms with Crippen LogP contribution in [0.2, 0.25) is 0 Å². The highest BCUT2D eigenvalue weighted by Gasteiger charge is 2.11. The molecule has 0 unspecified atom stereocenters. The zero-order valence-electron chi connectivity index (χ0n) is 8.53. The molecule has 1 N–H and O–H groups in total. The number of thiazole rings is 1. The van der Waals surface area contributed by atoms with Gasteiger partial charge < -0.3 is 0 Å². The Balaban J connectivity index is 2.24. The fourth-order valence-corrected chi connectivity index (χ4v) is 2.21. The number of halogens is 1. The Bertz CT molecular complexity index is 511. The number of carbonyl (C=O) groups excluding carboxylic acids is 1. The first-order valence-electron chi connectivity index (χ1n) is 4.64. The number of rotatable bonds is 2. The summed E-state index contributed by atoms with van der Waals surface area (Å²) in [5.74, 6) is -0.148. The summed E-state index contributed by atoms with van der Waals surface area (Å²) < 4.78 is 0.784. The molecule has 0 aliphatic carbocycles. The van der Waals surface area contributed by atoms with Crippen molar-refractivity contribution in [2.75, 3.05) is 5.32 Å². The van der Waals surface area contributed by atoms with Crippen LogP contribution in [0.3, 0.4) is 0 Å².